The van der Waals surface area contributed by atoms with Crippen molar-refractivity contribution < 1.29 is 4.74 Å². The van der Waals surface area contributed by atoms with Crippen LogP contribution in [-0.4, -0.2) is 24.5 Å². The highest BCUT2D eigenvalue weighted by molar-refractivity contribution is 7.99. The van der Waals surface area contributed by atoms with Crippen molar-refractivity contribution >= 4 is 11.8 Å². The Morgan fingerprint density at radius 2 is 1.94 bits per heavy atom. The second-order valence-corrected chi connectivity index (χ2v) is 5.46. The average molecular weight is 254 g/mol. The molecule has 3 N–H and O–H groups in total. The molecule has 1 rings (SSSR count). The van der Waals surface area contributed by atoms with E-state index < -0.39 is 0 Å². The Morgan fingerprint density at radius 3 is 2.47 bits per heavy atom. The van der Waals surface area contributed by atoms with Crippen molar-refractivity contribution in [2.45, 2.75) is 37.8 Å². The SMILES string of the molecule is Cc1ccc(SCC(COC(C)C)NN)cc1. The van der Waals surface area contributed by atoms with Crippen molar-refractivity contribution in [2.75, 3.05) is 12.4 Å². The summed E-state index contributed by atoms with van der Waals surface area (Å²) >= 11 is 1.79. The highest BCUT2D eigenvalue weighted by Crippen LogP contribution is 2.19. The summed E-state index contributed by atoms with van der Waals surface area (Å²) in [4.78, 5) is 1.26. The number of thioether (sulfide) groups is 1. The van der Waals surface area contributed by atoms with E-state index in [0.29, 0.717) is 6.61 Å². The van der Waals surface area contributed by atoms with Crippen LogP contribution in [0.4, 0.5) is 0 Å². The Bertz CT molecular complexity index is 314. The van der Waals surface area contributed by atoms with E-state index in [9.17, 15) is 0 Å². The quantitative estimate of drug-likeness (QED) is 0.445. The van der Waals surface area contributed by atoms with Gasteiger partial charge in [-0.05, 0) is 32.9 Å². The van der Waals surface area contributed by atoms with E-state index in [-0.39, 0.29) is 12.1 Å². The van der Waals surface area contributed by atoms with E-state index in [0.717, 1.165) is 5.75 Å². The third-order valence-electron chi connectivity index (χ3n) is 2.34. The van der Waals surface area contributed by atoms with Crippen LogP contribution in [0.25, 0.3) is 0 Å². The molecule has 0 bridgehead atoms. The standard InChI is InChI=1S/C13H22N2OS/c1-10(2)16-8-12(15-14)9-17-13-6-4-11(3)5-7-13/h4-7,10,12,15H,8-9,14H2,1-3H3. The molecule has 0 aromatic heterocycles. The molecule has 0 saturated heterocycles. The maximum absolute atomic E-state index is 5.55. The monoisotopic (exact) mass is 254 g/mol. The molecule has 0 fully saturated rings. The normalized spacial score (nSPS) is 13.0. The molecule has 0 radical (unpaired) electrons. The lowest BCUT2D eigenvalue weighted by molar-refractivity contribution is 0.0655. The van der Waals surface area contributed by atoms with Crippen molar-refractivity contribution in [3.63, 3.8) is 0 Å². The summed E-state index contributed by atoms with van der Waals surface area (Å²) in [5.41, 5.74) is 4.08. The predicted octanol–water partition coefficient (Wildman–Crippen LogP) is 2.34. The van der Waals surface area contributed by atoms with Gasteiger partial charge < -0.3 is 4.74 Å². The molecule has 1 unspecified atom stereocenters. The summed E-state index contributed by atoms with van der Waals surface area (Å²) in [6, 6.07) is 8.70. The topological polar surface area (TPSA) is 47.3 Å². The molecule has 17 heavy (non-hydrogen) atoms. The maximum atomic E-state index is 5.55. The van der Waals surface area contributed by atoms with Crippen LogP contribution in [0, 0.1) is 6.92 Å². The average Bonchev–Trinajstić information content (AvgIpc) is 2.31. The molecule has 4 heteroatoms. The molecular formula is C13H22N2OS. The van der Waals surface area contributed by atoms with Gasteiger partial charge in [0.05, 0.1) is 18.8 Å². The van der Waals surface area contributed by atoms with E-state index in [1.54, 1.807) is 11.8 Å². The minimum Gasteiger partial charge on any atom is -0.377 e. The second-order valence-electron chi connectivity index (χ2n) is 4.37. The fraction of sp³-hybridized carbons (Fsp3) is 0.538. The lowest BCUT2D eigenvalue weighted by atomic mass is 10.2. The van der Waals surface area contributed by atoms with E-state index >= 15 is 0 Å². The third-order valence-corrected chi connectivity index (χ3v) is 3.51. The van der Waals surface area contributed by atoms with Crippen LogP contribution >= 0.6 is 11.8 Å². The van der Waals surface area contributed by atoms with Crippen LogP contribution in [0.1, 0.15) is 19.4 Å². The van der Waals surface area contributed by atoms with Crippen molar-refractivity contribution in [3.05, 3.63) is 29.8 Å². The molecule has 0 saturated carbocycles. The molecule has 1 aromatic carbocycles. The predicted molar refractivity (Wildman–Crippen MR) is 74.1 cm³/mol. The lowest BCUT2D eigenvalue weighted by Crippen LogP contribution is -2.41. The second kappa shape index (κ2) is 7.71. The molecule has 0 amide bonds. The number of nitrogens with one attached hydrogen (secondary N) is 1. The molecule has 0 heterocycles. The summed E-state index contributed by atoms with van der Waals surface area (Å²) in [6.07, 6.45) is 0.246. The Balaban J connectivity index is 2.34. The molecule has 0 aliphatic rings. The zero-order valence-electron chi connectivity index (χ0n) is 10.8. The molecule has 0 aliphatic carbocycles. The Hall–Kier alpha value is -0.550. The van der Waals surface area contributed by atoms with Crippen LogP contribution in [0.15, 0.2) is 29.2 Å². The fourth-order valence-electron chi connectivity index (χ4n) is 1.28. The summed E-state index contributed by atoms with van der Waals surface area (Å²) in [5.74, 6) is 6.41. The molecule has 1 atom stereocenters. The van der Waals surface area contributed by atoms with Gasteiger partial charge in [0.2, 0.25) is 0 Å². The zero-order valence-corrected chi connectivity index (χ0v) is 11.6. The van der Waals surface area contributed by atoms with Gasteiger partial charge in [-0.3, -0.25) is 11.3 Å². The number of rotatable bonds is 7. The first-order valence-electron chi connectivity index (χ1n) is 5.89. The number of hydrogen-bond acceptors (Lipinski definition) is 4. The Labute approximate surface area is 108 Å². The molecule has 0 aliphatic heterocycles. The van der Waals surface area contributed by atoms with Gasteiger partial charge in [0.1, 0.15) is 0 Å². The number of nitrogens with two attached hydrogens (primary N) is 1. The van der Waals surface area contributed by atoms with E-state index in [1.165, 1.54) is 10.5 Å². The summed E-state index contributed by atoms with van der Waals surface area (Å²) < 4.78 is 5.55. The van der Waals surface area contributed by atoms with Gasteiger partial charge in [-0.15, -0.1) is 11.8 Å². The molecule has 96 valence electrons. The van der Waals surface area contributed by atoms with Gasteiger partial charge in [-0.2, -0.15) is 0 Å². The number of ether oxygens (including phenoxy) is 1. The van der Waals surface area contributed by atoms with Gasteiger partial charge in [-0.25, -0.2) is 0 Å². The van der Waals surface area contributed by atoms with Crippen molar-refractivity contribution in [1.82, 2.24) is 5.43 Å². The summed E-state index contributed by atoms with van der Waals surface area (Å²) in [7, 11) is 0. The number of hydrogen-bond donors (Lipinski definition) is 2. The third kappa shape index (κ3) is 6.07. The first kappa shape index (κ1) is 14.5. The highest BCUT2D eigenvalue weighted by Gasteiger charge is 2.08. The van der Waals surface area contributed by atoms with Crippen molar-refractivity contribution in [1.29, 1.82) is 0 Å². The molecule has 0 spiro atoms. The molecular weight excluding hydrogens is 232 g/mol. The molecule has 1 aromatic rings. The van der Waals surface area contributed by atoms with Crippen molar-refractivity contribution in [2.24, 2.45) is 5.84 Å². The first-order valence-corrected chi connectivity index (χ1v) is 6.87. The summed E-state index contributed by atoms with van der Waals surface area (Å²) in [5, 5.41) is 0. The van der Waals surface area contributed by atoms with Gasteiger partial charge in [0, 0.05) is 10.6 Å². The van der Waals surface area contributed by atoms with Gasteiger partial charge in [0.15, 0.2) is 0 Å². The lowest BCUT2D eigenvalue weighted by Gasteiger charge is -2.17. The smallest absolute Gasteiger partial charge is 0.0644 e. The Kier molecular flexibility index (Phi) is 6.58. The van der Waals surface area contributed by atoms with E-state index in [4.69, 9.17) is 10.6 Å². The summed E-state index contributed by atoms with van der Waals surface area (Å²) in [6.45, 7) is 6.80. The minimum absolute atomic E-state index is 0.184. The van der Waals surface area contributed by atoms with Crippen molar-refractivity contribution in [3.8, 4) is 0 Å². The van der Waals surface area contributed by atoms with Crippen LogP contribution in [-0.2, 0) is 4.74 Å². The zero-order chi connectivity index (χ0) is 12.7. The minimum atomic E-state index is 0.184. The maximum Gasteiger partial charge on any atom is 0.0644 e. The largest absolute Gasteiger partial charge is 0.377 e. The highest BCUT2D eigenvalue weighted by atomic mass is 32.2. The van der Waals surface area contributed by atoms with Gasteiger partial charge >= 0.3 is 0 Å². The van der Waals surface area contributed by atoms with Crippen LogP contribution in [0.3, 0.4) is 0 Å². The van der Waals surface area contributed by atoms with E-state index in [1.807, 2.05) is 13.8 Å². The first-order chi connectivity index (χ1) is 8.11. The Morgan fingerprint density at radius 1 is 1.29 bits per heavy atom. The van der Waals surface area contributed by atoms with Crippen LogP contribution in [0.2, 0.25) is 0 Å². The van der Waals surface area contributed by atoms with Gasteiger partial charge in [-0.1, -0.05) is 17.7 Å². The number of aryl methyl sites for hydroxylation is 1. The van der Waals surface area contributed by atoms with Crippen LogP contribution in [0.5, 0.6) is 0 Å². The van der Waals surface area contributed by atoms with Crippen LogP contribution < -0.4 is 11.3 Å². The number of benzene rings is 1. The van der Waals surface area contributed by atoms with Gasteiger partial charge in [0.25, 0.3) is 0 Å². The van der Waals surface area contributed by atoms with E-state index in [2.05, 4.69) is 36.6 Å². The fourth-order valence-corrected chi connectivity index (χ4v) is 2.20. The number of hydrazine groups is 1. The molecule has 3 nitrogen and oxygen atoms in total.